The van der Waals surface area contributed by atoms with E-state index in [1.54, 1.807) is 0 Å². The molecule has 4 nitrogen and oxygen atoms in total. The minimum atomic E-state index is -5.08. The van der Waals surface area contributed by atoms with Crippen LogP contribution in [0, 0.1) is 0 Å². The molecule has 0 unspecified atom stereocenters. The average Bonchev–Trinajstić information content (AvgIpc) is 2.47. The summed E-state index contributed by atoms with van der Waals surface area (Å²) in [5.41, 5.74) is 8.84. The Balaban J connectivity index is 0.000000217. The molecule has 0 fully saturated rings. The first-order valence-corrected chi connectivity index (χ1v) is 6.14. The molecule has 0 aliphatic rings. The molecule has 0 atom stereocenters. The van der Waals surface area contributed by atoms with Gasteiger partial charge >= 0.3 is 12.1 Å². The summed E-state index contributed by atoms with van der Waals surface area (Å²) in [6.45, 7) is 0. The van der Waals surface area contributed by atoms with Gasteiger partial charge < -0.3 is 10.8 Å². The molecule has 0 radical (unpaired) electrons. The number of fused-ring (bicyclic) bond motifs is 2. The third-order valence-corrected chi connectivity index (χ3v) is 2.87. The van der Waals surface area contributed by atoms with Gasteiger partial charge in [0.1, 0.15) is 0 Å². The number of hydrogen-bond donors (Lipinski definition) is 2. The molecule has 0 saturated heterocycles. The smallest absolute Gasteiger partial charge is 0.475 e. The number of nitrogen functional groups attached to an aromatic ring is 1. The molecule has 0 aliphatic heterocycles. The number of aromatic nitrogens is 1. The van der Waals surface area contributed by atoms with Crippen molar-refractivity contribution in [3.8, 4) is 0 Å². The van der Waals surface area contributed by atoms with E-state index < -0.39 is 12.1 Å². The molecule has 0 spiro atoms. The van der Waals surface area contributed by atoms with Gasteiger partial charge in [-0.15, -0.1) is 0 Å². The lowest BCUT2D eigenvalue weighted by atomic mass is 10.1. The summed E-state index contributed by atoms with van der Waals surface area (Å²) in [5.74, 6) is -2.76. The van der Waals surface area contributed by atoms with Crippen LogP contribution in [-0.2, 0) is 4.79 Å². The van der Waals surface area contributed by atoms with Crippen LogP contribution in [0.2, 0.25) is 0 Å². The predicted molar refractivity (Wildman–Crippen MR) is 77.4 cm³/mol. The van der Waals surface area contributed by atoms with Crippen molar-refractivity contribution in [1.82, 2.24) is 4.98 Å². The van der Waals surface area contributed by atoms with Gasteiger partial charge in [-0.3, -0.25) is 0 Å². The Morgan fingerprint density at radius 3 is 1.68 bits per heavy atom. The number of carboxylic acids is 1. The highest BCUT2D eigenvalue weighted by Crippen LogP contribution is 2.27. The standard InChI is InChI=1S/C13H10N2.C2HF3O2/c14-13-9-5-1-3-7-11(9)15-12-8-4-2-6-10(12)13;3-2(4,5)1(6)7/h1-8H,(H2,14,15);(H,6,7). The summed E-state index contributed by atoms with van der Waals surface area (Å²) in [4.78, 5) is 13.5. The topological polar surface area (TPSA) is 76.2 Å². The normalized spacial score (nSPS) is 11.0. The van der Waals surface area contributed by atoms with Crippen LogP contribution in [0.4, 0.5) is 18.9 Å². The quantitative estimate of drug-likeness (QED) is 0.622. The molecule has 7 heteroatoms. The maximum atomic E-state index is 10.6. The molecule has 0 aliphatic carbocycles. The van der Waals surface area contributed by atoms with Crippen molar-refractivity contribution < 1.29 is 23.1 Å². The second kappa shape index (κ2) is 5.88. The van der Waals surface area contributed by atoms with Gasteiger partial charge in [-0.1, -0.05) is 36.4 Å². The molecule has 22 heavy (non-hydrogen) atoms. The van der Waals surface area contributed by atoms with Gasteiger partial charge in [-0.2, -0.15) is 13.2 Å². The minimum absolute atomic E-state index is 0.816. The summed E-state index contributed by atoms with van der Waals surface area (Å²) >= 11 is 0. The van der Waals surface area contributed by atoms with Crippen LogP contribution in [0.5, 0.6) is 0 Å². The molecule has 114 valence electrons. The van der Waals surface area contributed by atoms with Gasteiger partial charge in [-0.05, 0) is 12.1 Å². The molecule has 0 bridgehead atoms. The number of nitrogens with zero attached hydrogens (tertiary/aromatic N) is 1. The lowest BCUT2D eigenvalue weighted by Crippen LogP contribution is -2.21. The van der Waals surface area contributed by atoms with Crippen LogP contribution in [0.1, 0.15) is 0 Å². The van der Waals surface area contributed by atoms with Gasteiger partial charge in [0.15, 0.2) is 0 Å². The van der Waals surface area contributed by atoms with E-state index in [1.807, 2.05) is 48.5 Å². The number of aliphatic carboxylic acids is 1. The van der Waals surface area contributed by atoms with Crippen molar-refractivity contribution in [1.29, 1.82) is 0 Å². The molecule has 2 aromatic carbocycles. The first-order valence-electron chi connectivity index (χ1n) is 6.14. The highest BCUT2D eigenvalue weighted by molar-refractivity contribution is 6.06. The third-order valence-electron chi connectivity index (χ3n) is 2.87. The van der Waals surface area contributed by atoms with E-state index in [9.17, 15) is 13.2 Å². The Bertz CT molecular complexity index is 778. The molecule has 1 aromatic heterocycles. The number of para-hydroxylation sites is 2. The number of carbonyl (C=O) groups is 1. The molecule has 3 N–H and O–H groups in total. The van der Waals surface area contributed by atoms with Gasteiger partial charge in [0.25, 0.3) is 0 Å². The number of pyridine rings is 1. The van der Waals surface area contributed by atoms with Crippen molar-refractivity contribution in [2.24, 2.45) is 0 Å². The van der Waals surface area contributed by atoms with E-state index in [1.165, 1.54) is 0 Å². The minimum Gasteiger partial charge on any atom is -0.475 e. The average molecular weight is 308 g/mol. The van der Waals surface area contributed by atoms with Crippen LogP contribution in [0.25, 0.3) is 21.8 Å². The predicted octanol–water partition coefficient (Wildman–Crippen LogP) is 3.60. The zero-order valence-corrected chi connectivity index (χ0v) is 11.1. The Morgan fingerprint density at radius 2 is 1.32 bits per heavy atom. The highest BCUT2D eigenvalue weighted by atomic mass is 19.4. The SMILES string of the molecule is Nc1c2ccccc2nc2ccccc12.O=C(O)C(F)(F)F. The summed E-state index contributed by atoms with van der Waals surface area (Å²) in [5, 5.41) is 9.17. The molecular weight excluding hydrogens is 297 g/mol. The van der Waals surface area contributed by atoms with E-state index in [-0.39, 0.29) is 0 Å². The number of hydrogen-bond acceptors (Lipinski definition) is 3. The van der Waals surface area contributed by atoms with Gasteiger partial charge in [-0.25, -0.2) is 9.78 Å². The molecule has 3 aromatic rings. The second-order valence-electron chi connectivity index (χ2n) is 4.36. The van der Waals surface area contributed by atoms with Crippen LogP contribution >= 0.6 is 0 Å². The monoisotopic (exact) mass is 308 g/mol. The zero-order valence-electron chi connectivity index (χ0n) is 11.1. The second-order valence-corrected chi connectivity index (χ2v) is 4.36. The van der Waals surface area contributed by atoms with E-state index in [4.69, 9.17) is 15.6 Å². The fourth-order valence-electron chi connectivity index (χ4n) is 1.87. The lowest BCUT2D eigenvalue weighted by Gasteiger charge is -2.05. The molecule has 0 amide bonds. The number of halogens is 3. The first kappa shape index (κ1) is 15.6. The van der Waals surface area contributed by atoms with Crippen molar-refractivity contribution in [3.05, 3.63) is 48.5 Å². The van der Waals surface area contributed by atoms with Crippen LogP contribution in [0.15, 0.2) is 48.5 Å². The van der Waals surface area contributed by atoms with Crippen molar-refractivity contribution in [3.63, 3.8) is 0 Å². The number of alkyl halides is 3. The van der Waals surface area contributed by atoms with E-state index in [0.717, 1.165) is 27.5 Å². The van der Waals surface area contributed by atoms with Gasteiger partial charge in [0.05, 0.1) is 16.7 Å². The third kappa shape index (κ3) is 3.25. The van der Waals surface area contributed by atoms with Crippen LogP contribution < -0.4 is 5.73 Å². The summed E-state index contributed by atoms with van der Waals surface area (Å²) in [6.07, 6.45) is -5.08. The maximum absolute atomic E-state index is 10.6. The highest BCUT2D eigenvalue weighted by Gasteiger charge is 2.38. The Kier molecular flexibility index (Phi) is 4.16. The largest absolute Gasteiger partial charge is 0.490 e. The Hall–Kier alpha value is -2.83. The van der Waals surface area contributed by atoms with E-state index in [0.29, 0.717) is 0 Å². The van der Waals surface area contributed by atoms with Crippen LogP contribution in [-0.4, -0.2) is 22.2 Å². The summed E-state index contributed by atoms with van der Waals surface area (Å²) in [6, 6.07) is 15.9. The molecule has 1 heterocycles. The molecular formula is C15H11F3N2O2. The van der Waals surface area contributed by atoms with E-state index in [2.05, 4.69) is 4.98 Å². The van der Waals surface area contributed by atoms with E-state index >= 15 is 0 Å². The fourth-order valence-corrected chi connectivity index (χ4v) is 1.87. The summed E-state index contributed by atoms with van der Waals surface area (Å²) in [7, 11) is 0. The fraction of sp³-hybridized carbons (Fsp3) is 0.0667. The number of rotatable bonds is 0. The Morgan fingerprint density at radius 1 is 0.955 bits per heavy atom. The Labute approximate surface area is 123 Å². The maximum Gasteiger partial charge on any atom is 0.490 e. The first-order chi connectivity index (χ1) is 10.3. The molecule has 3 rings (SSSR count). The zero-order chi connectivity index (χ0) is 16.3. The number of anilines is 1. The lowest BCUT2D eigenvalue weighted by molar-refractivity contribution is -0.192. The summed E-state index contributed by atoms with van der Waals surface area (Å²) < 4.78 is 31.7. The van der Waals surface area contributed by atoms with Gasteiger partial charge in [0, 0.05) is 10.8 Å². The number of benzene rings is 2. The van der Waals surface area contributed by atoms with Crippen molar-refractivity contribution in [2.75, 3.05) is 5.73 Å². The van der Waals surface area contributed by atoms with Crippen LogP contribution in [0.3, 0.4) is 0 Å². The molecule has 0 saturated carbocycles. The van der Waals surface area contributed by atoms with Crippen molar-refractivity contribution in [2.45, 2.75) is 6.18 Å². The number of nitrogens with two attached hydrogens (primary N) is 1. The van der Waals surface area contributed by atoms with Crippen molar-refractivity contribution >= 4 is 33.5 Å². The number of carboxylic acid groups (broad SMARTS) is 1. The van der Waals surface area contributed by atoms with Gasteiger partial charge in [0.2, 0.25) is 0 Å².